The molecule has 2 aliphatic heterocycles. The molecule has 0 aliphatic carbocycles. The van der Waals surface area contributed by atoms with Gasteiger partial charge >= 0.3 is 0 Å². The number of rotatable bonds is 3. The summed E-state index contributed by atoms with van der Waals surface area (Å²) >= 11 is 7.79. The van der Waals surface area contributed by atoms with E-state index in [1.54, 1.807) is 34.6 Å². The Morgan fingerprint density at radius 3 is 2.75 bits per heavy atom. The summed E-state index contributed by atoms with van der Waals surface area (Å²) in [5, 5.41) is 8.35. The molecule has 2 aromatic carbocycles. The van der Waals surface area contributed by atoms with Crippen molar-refractivity contribution in [3.05, 3.63) is 64.8 Å². The van der Waals surface area contributed by atoms with Gasteiger partial charge in [0.1, 0.15) is 12.4 Å². The monoisotopic (exact) mass is 413 g/mol. The molecule has 142 valence electrons. The molecule has 28 heavy (non-hydrogen) atoms. The van der Waals surface area contributed by atoms with Gasteiger partial charge in [0.2, 0.25) is 6.10 Å². The predicted octanol–water partition coefficient (Wildman–Crippen LogP) is 4.05. The number of aromatic nitrogens is 2. The van der Waals surface area contributed by atoms with Crippen LogP contribution in [-0.2, 0) is 16.3 Å². The maximum atomic E-state index is 12.9. The van der Waals surface area contributed by atoms with Gasteiger partial charge in [0.15, 0.2) is 11.5 Å². The van der Waals surface area contributed by atoms with Crippen molar-refractivity contribution in [3.8, 4) is 17.2 Å². The molecule has 6 nitrogen and oxygen atoms in total. The number of benzene rings is 2. The van der Waals surface area contributed by atoms with Gasteiger partial charge in [-0.1, -0.05) is 23.7 Å². The lowest BCUT2D eigenvalue weighted by Crippen LogP contribution is -2.40. The third-order valence-corrected chi connectivity index (χ3v) is 5.89. The van der Waals surface area contributed by atoms with Crippen LogP contribution in [0.5, 0.6) is 11.5 Å². The number of fused-ring (bicyclic) bond motifs is 2. The smallest absolute Gasteiger partial charge is 0.270 e. The molecular weight excluding hydrogens is 398 g/mol. The van der Waals surface area contributed by atoms with Crippen LogP contribution in [0.1, 0.15) is 11.3 Å². The highest BCUT2D eigenvalue weighted by atomic mass is 35.5. The van der Waals surface area contributed by atoms with Crippen molar-refractivity contribution >= 4 is 35.1 Å². The normalized spacial score (nSPS) is 17.2. The Bertz CT molecular complexity index is 1050. The van der Waals surface area contributed by atoms with E-state index in [1.807, 2.05) is 30.3 Å². The Kier molecular flexibility index (Phi) is 4.41. The van der Waals surface area contributed by atoms with E-state index in [0.717, 1.165) is 28.5 Å². The largest absolute Gasteiger partial charge is 0.485 e. The fourth-order valence-electron chi connectivity index (χ4n) is 3.26. The second-order valence-electron chi connectivity index (χ2n) is 6.51. The molecule has 0 saturated carbocycles. The molecule has 3 aromatic rings. The van der Waals surface area contributed by atoms with E-state index in [2.05, 4.69) is 5.32 Å². The molecule has 0 saturated heterocycles. The zero-order chi connectivity index (χ0) is 19.1. The maximum Gasteiger partial charge on any atom is 0.270 e. The number of carbonyl (C=O) groups is 1. The van der Waals surface area contributed by atoms with Gasteiger partial charge in [-0.2, -0.15) is 16.9 Å². The molecule has 0 spiro atoms. The lowest BCUT2D eigenvalue weighted by atomic mass is 10.2. The van der Waals surface area contributed by atoms with Crippen molar-refractivity contribution in [1.82, 2.24) is 9.78 Å². The van der Waals surface area contributed by atoms with Crippen LogP contribution in [0.25, 0.3) is 5.69 Å². The van der Waals surface area contributed by atoms with Gasteiger partial charge in [0.25, 0.3) is 5.91 Å². The number of hydrogen-bond acceptors (Lipinski definition) is 5. The third-order valence-electron chi connectivity index (χ3n) is 4.67. The topological polar surface area (TPSA) is 65.4 Å². The Balaban J connectivity index is 1.43. The highest BCUT2D eigenvalue weighted by molar-refractivity contribution is 7.98. The Labute approximate surface area is 170 Å². The lowest BCUT2D eigenvalue weighted by molar-refractivity contribution is -0.125. The minimum absolute atomic E-state index is 0.162. The molecule has 5 rings (SSSR count). The summed E-state index contributed by atoms with van der Waals surface area (Å²) in [6.45, 7) is 0.162. The fraction of sp³-hybridized carbons (Fsp3) is 0.200. The first kappa shape index (κ1) is 17.5. The summed E-state index contributed by atoms with van der Waals surface area (Å²) < 4.78 is 13.3. The van der Waals surface area contributed by atoms with Crippen molar-refractivity contribution < 1.29 is 14.3 Å². The quantitative estimate of drug-likeness (QED) is 0.701. The highest BCUT2D eigenvalue weighted by Crippen LogP contribution is 2.37. The first-order chi connectivity index (χ1) is 13.7. The average molecular weight is 414 g/mol. The third kappa shape index (κ3) is 3.10. The van der Waals surface area contributed by atoms with E-state index in [-0.39, 0.29) is 12.5 Å². The molecule has 1 aromatic heterocycles. The van der Waals surface area contributed by atoms with Crippen molar-refractivity contribution in [2.45, 2.75) is 17.6 Å². The number of nitrogens with zero attached hydrogens (tertiary/aromatic N) is 2. The van der Waals surface area contributed by atoms with Crippen molar-refractivity contribution in [1.29, 1.82) is 0 Å². The van der Waals surface area contributed by atoms with Gasteiger partial charge in [0.05, 0.1) is 11.4 Å². The van der Waals surface area contributed by atoms with Crippen molar-refractivity contribution in [3.63, 3.8) is 0 Å². The molecule has 1 atom stereocenters. The summed E-state index contributed by atoms with van der Waals surface area (Å²) in [5.41, 5.74) is 2.87. The zero-order valence-corrected chi connectivity index (χ0v) is 16.3. The summed E-state index contributed by atoms with van der Waals surface area (Å²) in [5.74, 6) is 3.27. The van der Waals surface area contributed by atoms with Crippen LogP contribution >= 0.6 is 23.4 Å². The van der Waals surface area contributed by atoms with Gasteiger partial charge in [-0.25, -0.2) is 4.68 Å². The maximum absolute atomic E-state index is 12.9. The number of anilines is 1. The van der Waals surface area contributed by atoms with Gasteiger partial charge < -0.3 is 14.8 Å². The number of hydrogen-bond donors (Lipinski definition) is 1. The molecule has 0 bridgehead atoms. The minimum atomic E-state index is -0.729. The van der Waals surface area contributed by atoms with Gasteiger partial charge in [0, 0.05) is 22.1 Å². The van der Waals surface area contributed by atoms with E-state index in [0.29, 0.717) is 22.3 Å². The average Bonchev–Trinajstić information content (AvgIpc) is 3.31. The molecule has 1 unspecified atom stereocenters. The second-order valence-corrected chi connectivity index (χ2v) is 7.93. The van der Waals surface area contributed by atoms with Crippen LogP contribution in [0.3, 0.4) is 0 Å². The summed E-state index contributed by atoms with van der Waals surface area (Å²) in [6, 6.07) is 14.7. The summed E-state index contributed by atoms with van der Waals surface area (Å²) in [7, 11) is 0. The first-order valence-corrected chi connectivity index (χ1v) is 10.4. The molecule has 0 radical (unpaired) electrons. The number of halogens is 1. The number of nitrogens with one attached hydrogen (secondary N) is 1. The lowest BCUT2D eigenvalue weighted by Gasteiger charge is -2.25. The SMILES string of the molecule is O=C(Nc1c2c(nn1-c1ccc(Cl)cc1)CSC2)C1COc2ccccc2O1. The predicted molar refractivity (Wildman–Crippen MR) is 109 cm³/mol. The van der Waals surface area contributed by atoms with E-state index in [9.17, 15) is 4.79 Å². The standard InChI is InChI=1S/C20H16ClN3O3S/c21-12-5-7-13(8-6-12)24-19(14-10-28-11-15(14)23-24)22-20(25)18-9-26-16-3-1-2-4-17(16)27-18/h1-8,18H,9-11H2,(H,22,25). The van der Waals surface area contributed by atoms with Crippen LogP contribution in [0, 0.1) is 0 Å². The van der Waals surface area contributed by atoms with Crippen LogP contribution in [0.2, 0.25) is 5.02 Å². The number of carbonyl (C=O) groups excluding carboxylic acids is 1. The van der Waals surface area contributed by atoms with Gasteiger partial charge in [-0.15, -0.1) is 0 Å². The van der Waals surface area contributed by atoms with Gasteiger partial charge in [-0.05, 0) is 36.4 Å². The second kappa shape index (κ2) is 7.07. The highest BCUT2D eigenvalue weighted by Gasteiger charge is 2.31. The van der Waals surface area contributed by atoms with Crippen molar-refractivity contribution in [2.75, 3.05) is 11.9 Å². The Morgan fingerprint density at radius 2 is 1.93 bits per heavy atom. The number of amides is 1. The molecule has 8 heteroatoms. The fourth-order valence-corrected chi connectivity index (χ4v) is 4.42. The Morgan fingerprint density at radius 1 is 1.14 bits per heavy atom. The van der Waals surface area contributed by atoms with Gasteiger partial charge in [-0.3, -0.25) is 4.79 Å². The molecular formula is C20H16ClN3O3S. The Hall–Kier alpha value is -2.64. The van der Waals surface area contributed by atoms with Crippen LogP contribution in [-0.4, -0.2) is 28.4 Å². The van der Waals surface area contributed by atoms with E-state index in [4.69, 9.17) is 26.2 Å². The van der Waals surface area contributed by atoms with E-state index in [1.165, 1.54) is 0 Å². The van der Waals surface area contributed by atoms with Crippen molar-refractivity contribution in [2.24, 2.45) is 0 Å². The first-order valence-electron chi connectivity index (χ1n) is 8.83. The number of ether oxygens (including phenoxy) is 2. The molecule has 1 amide bonds. The molecule has 2 aliphatic rings. The van der Waals surface area contributed by atoms with Crippen LogP contribution < -0.4 is 14.8 Å². The van der Waals surface area contributed by atoms with E-state index < -0.39 is 6.10 Å². The van der Waals surface area contributed by atoms with E-state index >= 15 is 0 Å². The number of thioether (sulfide) groups is 1. The zero-order valence-electron chi connectivity index (χ0n) is 14.7. The summed E-state index contributed by atoms with van der Waals surface area (Å²) in [4.78, 5) is 12.9. The molecule has 1 N–H and O–H groups in total. The number of para-hydroxylation sites is 2. The van der Waals surface area contributed by atoms with Crippen LogP contribution in [0.4, 0.5) is 5.82 Å². The molecule has 0 fully saturated rings. The summed E-state index contributed by atoms with van der Waals surface area (Å²) in [6.07, 6.45) is -0.729. The van der Waals surface area contributed by atoms with Crippen LogP contribution in [0.15, 0.2) is 48.5 Å². The minimum Gasteiger partial charge on any atom is -0.485 e. The molecule has 3 heterocycles.